The molecule has 2 aromatic heterocycles. The fourth-order valence-corrected chi connectivity index (χ4v) is 3.45. The molecular formula is C20H16N2O3S. The van der Waals surface area contributed by atoms with Crippen molar-refractivity contribution in [2.75, 3.05) is 7.11 Å². The number of aromatic amines is 1. The van der Waals surface area contributed by atoms with Crippen LogP contribution in [-0.2, 0) is 11.3 Å². The van der Waals surface area contributed by atoms with E-state index < -0.39 is 0 Å². The van der Waals surface area contributed by atoms with Crippen LogP contribution >= 0.6 is 11.3 Å². The number of carbonyl (C=O) groups excluding carboxylic acids is 1. The van der Waals surface area contributed by atoms with Gasteiger partial charge in [0.05, 0.1) is 12.8 Å². The molecule has 6 heteroatoms. The number of carbonyl (C=O) groups is 1. The molecule has 0 bridgehead atoms. The van der Waals surface area contributed by atoms with Crippen LogP contribution in [-0.4, -0.2) is 23.0 Å². The predicted molar refractivity (Wildman–Crippen MR) is 102 cm³/mol. The number of ether oxygens (including phenoxy) is 2. The van der Waals surface area contributed by atoms with Gasteiger partial charge < -0.3 is 14.5 Å². The van der Waals surface area contributed by atoms with Crippen molar-refractivity contribution in [3.05, 3.63) is 71.4 Å². The molecule has 0 unspecified atom stereocenters. The normalized spacial score (nSPS) is 10.8. The molecule has 0 amide bonds. The lowest BCUT2D eigenvalue weighted by Gasteiger charge is -2.01. The minimum absolute atomic E-state index is 0.140. The highest BCUT2D eigenvalue weighted by Crippen LogP contribution is 2.26. The van der Waals surface area contributed by atoms with E-state index in [1.807, 2.05) is 53.9 Å². The number of para-hydroxylation sites is 1. The Morgan fingerprint density at radius 1 is 1.15 bits per heavy atom. The van der Waals surface area contributed by atoms with Gasteiger partial charge in [0.2, 0.25) is 0 Å². The first-order valence-electron chi connectivity index (χ1n) is 8.06. The third kappa shape index (κ3) is 3.32. The van der Waals surface area contributed by atoms with Gasteiger partial charge in [0, 0.05) is 21.8 Å². The van der Waals surface area contributed by atoms with E-state index in [0.29, 0.717) is 5.69 Å². The summed E-state index contributed by atoms with van der Waals surface area (Å²) in [4.78, 5) is 19.8. The largest absolute Gasteiger partial charge is 0.497 e. The summed E-state index contributed by atoms with van der Waals surface area (Å²) >= 11 is 1.52. The number of rotatable bonds is 5. The molecule has 130 valence electrons. The Hall–Kier alpha value is -3.12. The van der Waals surface area contributed by atoms with E-state index in [2.05, 4.69) is 9.97 Å². The number of nitrogens with one attached hydrogen (secondary N) is 1. The van der Waals surface area contributed by atoms with Crippen molar-refractivity contribution >= 4 is 28.2 Å². The lowest BCUT2D eigenvalue weighted by atomic mass is 10.2. The van der Waals surface area contributed by atoms with Gasteiger partial charge in [-0.2, -0.15) is 0 Å². The summed E-state index contributed by atoms with van der Waals surface area (Å²) in [6.45, 7) is 0.140. The zero-order chi connectivity index (χ0) is 17.9. The maximum absolute atomic E-state index is 12.2. The topological polar surface area (TPSA) is 64.2 Å². The summed E-state index contributed by atoms with van der Waals surface area (Å²) in [5.74, 6) is 0.415. The maximum atomic E-state index is 12.2. The van der Waals surface area contributed by atoms with Crippen LogP contribution in [0.1, 0.15) is 16.2 Å². The molecular weight excluding hydrogens is 348 g/mol. The van der Waals surface area contributed by atoms with Gasteiger partial charge in [-0.25, -0.2) is 9.78 Å². The van der Waals surface area contributed by atoms with Crippen molar-refractivity contribution in [3.63, 3.8) is 0 Å². The number of thiazole rings is 1. The highest BCUT2D eigenvalue weighted by atomic mass is 32.1. The van der Waals surface area contributed by atoms with E-state index in [9.17, 15) is 4.79 Å². The molecule has 4 rings (SSSR count). The second kappa shape index (κ2) is 7.01. The number of benzene rings is 2. The van der Waals surface area contributed by atoms with Crippen LogP contribution in [0.3, 0.4) is 0 Å². The highest BCUT2D eigenvalue weighted by molar-refractivity contribution is 7.13. The first kappa shape index (κ1) is 16.4. The Labute approximate surface area is 154 Å². The molecule has 0 fully saturated rings. The number of nitrogens with zero attached hydrogens (tertiary/aromatic N) is 1. The van der Waals surface area contributed by atoms with Crippen molar-refractivity contribution in [2.45, 2.75) is 6.61 Å². The van der Waals surface area contributed by atoms with Crippen molar-refractivity contribution in [2.24, 2.45) is 0 Å². The Morgan fingerprint density at radius 2 is 1.96 bits per heavy atom. The number of hydrogen-bond acceptors (Lipinski definition) is 5. The number of esters is 1. The molecule has 0 aliphatic rings. The molecule has 4 aromatic rings. The van der Waals surface area contributed by atoms with Crippen molar-refractivity contribution in [1.82, 2.24) is 9.97 Å². The first-order valence-corrected chi connectivity index (χ1v) is 8.94. The van der Waals surface area contributed by atoms with Crippen LogP contribution in [0.4, 0.5) is 0 Å². The smallest absolute Gasteiger partial charge is 0.355 e. The van der Waals surface area contributed by atoms with Crippen molar-refractivity contribution in [3.8, 4) is 16.3 Å². The van der Waals surface area contributed by atoms with Crippen LogP contribution in [0.5, 0.6) is 5.75 Å². The molecule has 0 radical (unpaired) electrons. The summed E-state index contributed by atoms with van der Waals surface area (Å²) in [5, 5.41) is 3.76. The summed E-state index contributed by atoms with van der Waals surface area (Å²) in [7, 11) is 1.64. The lowest BCUT2D eigenvalue weighted by molar-refractivity contribution is 0.0462. The molecule has 26 heavy (non-hydrogen) atoms. The van der Waals surface area contributed by atoms with Crippen LogP contribution < -0.4 is 4.74 Å². The fourth-order valence-electron chi connectivity index (χ4n) is 2.64. The van der Waals surface area contributed by atoms with Gasteiger partial charge in [0.1, 0.15) is 23.1 Å². The van der Waals surface area contributed by atoms with Crippen molar-refractivity contribution in [1.29, 1.82) is 0 Å². The maximum Gasteiger partial charge on any atom is 0.355 e. The SMILES string of the molecule is COc1ccc(-c2nc(COC(=O)c3cc4ccccc4[nH]3)cs2)cc1. The summed E-state index contributed by atoms with van der Waals surface area (Å²) < 4.78 is 10.5. The Balaban J connectivity index is 1.43. The van der Waals surface area contributed by atoms with E-state index in [1.165, 1.54) is 11.3 Å². The number of hydrogen-bond donors (Lipinski definition) is 1. The Morgan fingerprint density at radius 3 is 2.73 bits per heavy atom. The standard InChI is InChI=1S/C20H16N2O3S/c1-24-16-8-6-13(7-9-16)19-21-15(12-26-19)11-25-20(23)18-10-14-4-2-3-5-17(14)22-18/h2-10,12,22H,11H2,1H3. The monoisotopic (exact) mass is 364 g/mol. The second-order valence-electron chi connectivity index (χ2n) is 5.72. The number of methoxy groups -OCH3 is 1. The molecule has 0 saturated carbocycles. The molecule has 0 aliphatic carbocycles. The van der Waals surface area contributed by atoms with E-state index >= 15 is 0 Å². The number of H-pyrrole nitrogens is 1. The number of aromatic nitrogens is 2. The molecule has 1 N–H and O–H groups in total. The average molecular weight is 364 g/mol. The third-order valence-electron chi connectivity index (χ3n) is 3.99. The number of fused-ring (bicyclic) bond motifs is 1. The minimum atomic E-state index is -0.389. The van der Waals surface area contributed by atoms with Crippen LogP contribution in [0, 0.1) is 0 Å². The van der Waals surface area contributed by atoms with Crippen LogP contribution in [0.25, 0.3) is 21.5 Å². The predicted octanol–water partition coefficient (Wildman–Crippen LogP) is 4.66. The molecule has 2 heterocycles. The average Bonchev–Trinajstić information content (AvgIpc) is 3.33. The molecule has 2 aromatic carbocycles. The van der Waals surface area contributed by atoms with Gasteiger partial charge in [0.15, 0.2) is 0 Å². The summed E-state index contributed by atoms with van der Waals surface area (Å²) in [6.07, 6.45) is 0. The van der Waals surface area contributed by atoms with Gasteiger partial charge in [-0.3, -0.25) is 0 Å². The van der Waals surface area contributed by atoms with Gasteiger partial charge in [0.25, 0.3) is 0 Å². The van der Waals surface area contributed by atoms with Crippen LogP contribution in [0.15, 0.2) is 60.0 Å². The minimum Gasteiger partial charge on any atom is -0.497 e. The van der Waals surface area contributed by atoms with Crippen molar-refractivity contribution < 1.29 is 14.3 Å². The third-order valence-corrected chi connectivity index (χ3v) is 4.93. The summed E-state index contributed by atoms with van der Waals surface area (Å²) in [6, 6.07) is 17.2. The van der Waals surface area contributed by atoms with Crippen LogP contribution in [0.2, 0.25) is 0 Å². The first-order chi connectivity index (χ1) is 12.7. The van der Waals surface area contributed by atoms with E-state index in [4.69, 9.17) is 9.47 Å². The van der Waals surface area contributed by atoms with Gasteiger partial charge in [-0.15, -0.1) is 11.3 Å². The summed E-state index contributed by atoms with van der Waals surface area (Å²) in [5.41, 5.74) is 3.08. The lowest BCUT2D eigenvalue weighted by Crippen LogP contribution is -2.05. The molecule has 0 atom stereocenters. The molecule has 5 nitrogen and oxygen atoms in total. The second-order valence-corrected chi connectivity index (χ2v) is 6.58. The zero-order valence-electron chi connectivity index (χ0n) is 14.1. The fraction of sp³-hybridized carbons (Fsp3) is 0.100. The van der Waals surface area contributed by atoms with E-state index in [1.54, 1.807) is 13.2 Å². The van der Waals surface area contributed by atoms with E-state index in [0.717, 1.165) is 32.9 Å². The zero-order valence-corrected chi connectivity index (χ0v) is 14.9. The Kier molecular flexibility index (Phi) is 4.41. The van der Waals surface area contributed by atoms with Gasteiger partial charge in [-0.1, -0.05) is 18.2 Å². The quantitative estimate of drug-likeness (QED) is 0.523. The van der Waals surface area contributed by atoms with Gasteiger partial charge in [-0.05, 0) is 36.4 Å². The van der Waals surface area contributed by atoms with E-state index in [-0.39, 0.29) is 12.6 Å². The molecule has 0 saturated heterocycles. The molecule has 0 aliphatic heterocycles. The molecule has 0 spiro atoms. The Bertz CT molecular complexity index is 1020. The highest BCUT2D eigenvalue weighted by Gasteiger charge is 2.12. The van der Waals surface area contributed by atoms with Gasteiger partial charge >= 0.3 is 5.97 Å².